The minimum Gasteiger partial charge on any atom is -0.486 e. The van der Waals surface area contributed by atoms with Crippen LogP contribution in [-0.2, 0) is 6.54 Å². The fraction of sp³-hybridized carbons (Fsp3) is 0.160. The Kier molecular flexibility index (Phi) is 5.98. The molecular weight excluding hydrogens is 434 g/mol. The summed E-state index contributed by atoms with van der Waals surface area (Å²) < 4.78 is 17.1. The SMILES string of the molecule is COc1nc(-c2cccc3c2OCCO3)ccc1Nc1cccc(CNC(=O)c2cn[nH]c2)c1. The maximum absolute atomic E-state index is 12.1. The first-order valence-electron chi connectivity index (χ1n) is 10.8. The van der Waals surface area contributed by atoms with Crippen molar-refractivity contribution in [3.8, 4) is 28.6 Å². The van der Waals surface area contributed by atoms with Crippen molar-refractivity contribution >= 4 is 17.3 Å². The third kappa shape index (κ3) is 4.49. The van der Waals surface area contributed by atoms with Crippen LogP contribution < -0.4 is 24.8 Å². The molecule has 0 fully saturated rings. The normalized spacial score (nSPS) is 12.1. The van der Waals surface area contributed by atoms with Crippen LogP contribution in [0, 0.1) is 0 Å². The van der Waals surface area contributed by atoms with Crippen molar-refractivity contribution in [2.24, 2.45) is 0 Å². The van der Waals surface area contributed by atoms with Gasteiger partial charge < -0.3 is 24.8 Å². The molecule has 0 saturated heterocycles. The Morgan fingerprint density at radius 3 is 2.85 bits per heavy atom. The minimum atomic E-state index is -0.189. The number of methoxy groups -OCH3 is 1. The Labute approximate surface area is 196 Å². The zero-order chi connectivity index (χ0) is 23.3. The molecule has 2 aromatic carbocycles. The lowest BCUT2D eigenvalue weighted by atomic mass is 10.1. The third-order valence-corrected chi connectivity index (χ3v) is 5.32. The predicted molar refractivity (Wildman–Crippen MR) is 127 cm³/mol. The van der Waals surface area contributed by atoms with Gasteiger partial charge in [-0.05, 0) is 42.0 Å². The van der Waals surface area contributed by atoms with Crippen LogP contribution in [0.2, 0.25) is 0 Å². The number of nitrogens with zero attached hydrogens (tertiary/aromatic N) is 2. The highest BCUT2D eigenvalue weighted by atomic mass is 16.6. The molecule has 1 aliphatic rings. The van der Waals surface area contributed by atoms with Gasteiger partial charge in [0.2, 0.25) is 5.88 Å². The van der Waals surface area contributed by atoms with E-state index >= 15 is 0 Å². The number of ether oxygens (including phenoxy) is 3. The van der Waals surface area contributed by atoms with Crippen molar-refractivity contribution in [1.29, 1.82) is 0 Å². The molecule has 0 saturated carbocycles. The predicted octanol–water partition coefficient (Wildman–Crippen LogP) is 3.93. The van der Waals surface area contributed by atoms with E-state index in [0.717, 1.165) is 22.5 Å². The molecule has 0 atom stereocenters. The number of rotatable bonds is 7. The summed E-state index contributed by atoms with van der Waals surface area (Å²) in [5, 5.41) is 12.7. The zero-order valence-electron chi connectivity index (χ0n) is 18.5. The molecule has 2 aromatic heterocycles. The zero-order valence-corrected chi connectivity index (χ0v) is 18.5. The lowest BCUT2D eigenvalue weighted by Crippen LogP contribution is -2.22. The molecule has 0 bridgehead atoms. The van der Waals surface area contributed by atoms with E-state index in [1.165, 1.54) is 6.20 Å². The number of H-pyrrole nitrogens is 1. The Morgan fingerprint density at radius 2 is 2.00 bits per heavy atom. The topological polar surface area (TPSA) is 110 Å². The van der Waals surface area contributed by atoms with Gasteiger partial charge in [0.25, 0.3) is 5.91 Å². The van der Waals surface area contributed by atoms with E-state index in [9.17, 15) is 4.79 Å². The molecule has 1 aliphatic heterocycles. The average Bonchev–Trinajstić information content (AvgIpc) is 3.43. The number of aromatic amines is 1. The number of hydrogen-bond donors (Lipinski definition) is 3. The van der Waals surface area contributed by atoms with Crippen LogP contribution in [0.25, 0.3) is 11.3 Å². The summed E-state index contributed by atoms with van der Waals surface area (Å²) in [7, 11) is 1.58. The summed E-state index contributed by atoms with van der Waals surface area (Å²) in [5.74, 6) is 1.66. The molecule has 0 aliphatic carbocycles. The van der Waals surface area contributed by atoms with Gasteiger partial charge in [-0.15, -0.1) is 0 Å². The fourth-order valence-corrected chi connectivity index (χ4v) is 3.69. The van der Waals surface area contributed by atoms with Crippen LogP contribution >= 0.6 is 0 Å². The van der Waals surface area contributed by atoms with Crippen molar-refractivity contribution in [2.45, 2.75) is 6.54 Å². The van der Waals surface area contributed by atoms with Gasteiger partial charge in [0.15, 0.2) is 11.5 Å². The van der Waals surface area contributed by atoms with Gasteiger partial charge in [0.1, 0.15) is 18.9 Å². The number of pyridine rings is 1. The molecule has 4 aromatic rings. The van der Waals surface area contributed by atoms with E-state index in [1.807, 2.05) is 54.6 Å². The standard InChI is InChI=1S/C25H23N5O4/c1-32-25-21(9-8-20(30-25)19-6-3-7-22-23(19)34-11-10-33-22)29-18-5-2-4-16(12-18)13-26-24(31)17-14-27-28-15-17/h2-9,12,14-15,29H,10-11,13H2,1H3,(H,26,31)(H,27,28). The van der Waals surface area contributed by atoms with Gasteiger partial charge in [-0.3, -0.25) is 9.89 Å². The Morgan fingerprint density at radius 1 is 1.12 bits per heavy atom. The molecule has 3 heterocycles. The summed E-state index contributed by atoms with van der Waals surface area (Å²) in [6.07, 6.45) is 3.04. The summed E-state index contributed by atoms with van der Waals surface area (Å²) >= 11 is 0. The Bertz CT molecular complexity index is 1310. The number of para-hydroxylation sites is 1. The maximum Gasteiger partial charge on any atom is 0.254 e. The lowest BCUT2D eigenvalue weighted by molar-refractivity contribution is 0.0951. The van der Waals surface area contributed by atoms with Gasteiger partial charge in [-0.25, -0.2) is 4.98 Å². The van der Waals surface area contributed by atoms with Crippen LogP contribution in [0.5, 0.6) is 17.4 Å². The van der Waals surface area contributed by atoms with Gasteiger partial charge in [-0.2, -0.15) is 5.10 Å². The van der Waals surface area contributed by atoms with Crippen molar-refractivity contribution in [2.75, 3.05) is 25.6 Å². The average molecular weight is 457 g/mol. The molecule has 3 N–H and O–H groups in total. The van der Waals surface area contributed by atoms with Crippen LogP contribution in [-0.4, -0.2) is 41.4 Å². The second-order valence-electron chi connectivity index (χ2n) is 7.58. The molecule has 9 heteroatoms. The first kappa shape index (κ1) is 21.3. The first-order valence-corrected chi connectivity index (χ1v) is 10.8. The number of carbonyl (C=O) groups is 1. The molecular formula is C25H23N5O4. The molecule has 5 rings (SSSR count). The van der Waals surface area contributed by atoms with Crippen molar-refractivity contribution in [1.82, 2.24) is 20.5 Å². The summed E-state index contributed by atoms with van der Waals surface area (Å²) in [4.78, 5) is 16.8. The van der Waals surface area contributed by atoms with E-state index in [2.05, 4.69) is 25.8 Å². The maximum atomic E-state index is 12.1. The van der Waals surface area contributed by atoms with Crippen LogP contribution in [0.1, 0.15) is 15.9 Å². The van der Waals surface area contributed by atoms with Crippen molar-refractivity contribution in [3.63, 3.8) is 0 Å². The monoisotopic (exact) mass is 457 g/mol. The Hall–Kier alpha value is -4.53. The second-order valence-corrected chi connectivity index (χ2v) is 7.58. The first-order chi connectivity index (χ1) is 16.7. The molecule has 1 amide bonds. The summed E-state index contributed by atoms with van der Waals surface area (Å²) in [6, 6.07) is 17.3. The van der Waals surface area contributed by atoms with Crippen LogP contribution in [0.3, 0.4) is 0 Å². The second kappa shape index (κ2) is 9.53. The molecule has 0 unspecified atom stereocenters. The number of anilines is 2. The van der Waals surface area contributed by atoms with E-state index < -0.39 is 0 Å². The molecule has 9 nitrogen and oxygen atoms in total. The number of carbonyl (C=O) groups excluding carboxylic acids is 1. The number of fused-ring (bicyclic) bond motifs is 1. The molecule has 0 radical (unpaired) electrons. The van der Waals surface area contributed by atoms with Crippen molar-refractivity contribution < 1.29 is 19.0 Å². The minimum absolute atomic E-state index is 0.189. The van der Waals surface area contributed by atoms with E-state index in [4.69, 9.17) is 14.2 Å². The van der Waals surface area contributed by atoms with Crippen molar-refractivity contribution in [3.05, 3.63) is 78.1 Å². The van der Waals surface area contributed by atoms with Crippen LogP contribution in [0.4, 0.5) is 11.4 Å². The van der Waals surface area contributed by atoms with Gasteiger partial charge in [0, 0.05) is 24.0 Å². The highest BCUT2D eigenvalue weighted by molar-refractivity contribution is 5.93. The highest BCUT2D eigenvalue weighted by Gasteiger charge is 2.19. The van der Waals surface area contributed by atoms with Crippen LogP contribution in [0.15, 0.2) is 67.0 Å². The number of aromatic nitrogens is 3. The molecule has 0 spiro atoms. The lowest BCUT2D eigenvalue weighted by Gasteiger charge is -2.21. The van der Waals surface area contributed by atoms with Gasteiger partial charge in [-0.1, -0.05) is 18.2 Å². The van der Waals surface area contributed by atoms with Gasteiger partial charge >= 0.3 is 0 Å². The molecule has 172 valence electrons. The van der Waals surface area contributed by atoms with E-state index in [-0.39, 0.29) is 5.91 Å². The highest BCUT2D eigenvalue weighted by Crippen LogP contribution is 2.40. The third-order valence-electron chi connectivity index (χ3n) is 5.32. The van der Waals surface area contributed by atoms with Gasteiger partial charge in [0.05, 0.1) is 24.6 Å². The largest absolute Gasteiger partial charge is 0.486 e. The number of benzene rings is 2. The smallest absolute Gasteiger partial charge is 0.254 e. The fourth-order valence-electron chi connectivity index (χ4n) is 3.69. The Balaban J connectivity index is 1.33. The van der Waals surface area contributed by atoms with E-state index in [1.54, 1.807) is 13.3 Å². The quantitative estimate of drug-likeness (QED) is 0.386. The van der Waals surface area contributed by atoms with E-state index in [0.29, 0.717) is 48.4 Å². The summed E-state index contributed by atoms with van der Waals surface area (Å²) in [5.41, 5.74) is 4.56. The summed E-state index contributed by atoms with van der Waals surface area (Å²) in [6.45, 7) is 1.41. The number of nitrogens with one attached hydrogen (secondary N) is 3. The molecule has 34 heavy (non-hydrogen) atoms. The number of amides is 1. The number of hydrogen-bond acceptors (Lipinski definition) is 7.